The van der Waals surface area contributed by atoms with Crippen molar-refractivity contribution in [1.29, 1.82) is 0 Å². The van der Waals surface area contributed by atoms with Gasteiger partial charge in [-0.3, -0.25) is 4.79 Å². The first-order chi connectivity index (χ1) is 16.4. The van der Waals surface area contributed by atoms with Gasteiger partial charge in [0.05, 0.1) is 11.7 Å². The average Bonchev–Trinajstić information content (AvgIpc) is 3.11. The van der Waals surface area contributed by atoms with Crippen LogP contribution in [0.3, 0.4) is 0 Å². The molecule has 2 aliphatic heterocycles. The molecular formula is C27H38N4O3S. The van der Waals surface area contributed by atoms with Gasteiger partial charge >= 0.3 is 5.97 Å². The molecule has 0 bridgehead atoms. The third-order valence-electron chi connectivity index (χ3n) is 6.62. The van der Waals surface area contributed by atoms with E-state index in [0.717, 1.165) is 42.3 Å². The van der Waals surface area contributed by atoms with Gasteiger partial charge in [-0.1, -0.05) is 0 Å². The summed E-state index contributed by atoms with van der Waals surface area (Å²) in [6, 6.07) is 7.72. The number of amides is 1. The molecule has 8 heteroatoms. The molecule has 0 unspecified atom stereocenters. The summed E-state index contributed by atoms with van der Waals surface area (Å²) in [5.41, 5.74) is 2.62. The van der Waals surface area contributed by atoms with Gasteiger partial charge in [0, 0.05) is 53.4 Å². The van der Waals surface area contributed by atoms with E-state index < -0.39 is 0 Å². The minimum atomic E-state index is -0.383. The van der Waals surface area contributed by atoms with Gasteiger partial charge in [0.2, 0.25) is 0 Å². The predicted molar refractivity (Wildman–Crippen MR) is 143 cm³/mol. The van der Waals surface area contributed by atoms with E-state index in [0.29, 0.717) is 22.5 Å². The van der Waals surface area contributed by atoms with Crippen molar-refractivity contribution in [3.63, 3.8) is 0 Å². The van der Waals surface area contributed by atoms with Gasteiger partial charge in [-0.15, -0.1) is 11.3 Å². The number of thiophene rings is 1. The van der Waals surface area contributed by atoms with Crippen LogP contribution in [0.15, 0.2) is 24.3 Å². The lowest BCUT2D eigenvalue weighted by atomic mass is 9.81. The first-order valence-corrected chi connectivity index (χ1v) is 13.2. The molecule has 0 spiro atoms. The summed E-state index contributed by atoms with van der Waals surface area (Å²) in [6.45, 7) is 16.2. The Bertz CT molecular complexity index is 1100. The number of hydrogen-bond acceptors (Lipinski definition) is 7. The molecule has 1 fully saturated rings. The van der Waals surface area contributed by atoms with Crippen LogP contribution in [0, 0.1) is 0 Å². The van der Waals surface area contributed by atoms with Crippen molar-refractivity contribution in [2.75, 3.05) is 43.4 Å². The highest BCUT2D eigenvalue weighted by Crippen LogP contribution is 2.45. The van der Waals surface area contributed by atoms with Crippen LogP contribution in [-0.2, 0) is 16.7 Å². The number of rotatable bonds is 5. The lowest BCUT2D eigenvalue weighted by molar-refractivity contribution is 0.0377. The highest BCUT2D eigenvalue weighted by molar-refractivity contribution is 7.17. The molecule has 4 rings (SSSR count). The van der Waals surface area contributed by atoms with Gasteiger partial charge in [-0.05, 0) is 84.8 Å². The van der Waals surface area contributed by atoms with Crippen LogP contribution in [0.1, 0.15) is 72.7 Å². The maximum Gasteiger partial charge on any atom is 0.341 e. The van der Waals surface area contributed by atoms with E-state index >= 15 is 0 Å². The van der Waals surface area contributed by atoms with Crippen LogP contribution in [0.5, 0.6) is 0 Å². The fourth-order valence-electron chi connectivity index (χ4n) is 5.17. The molecule has 190 valence electrons. The second-order valence-electron chi connectivity index (χ2n) is 11.2. The summed E-state index contributed by atoms with van der Waals surface area (Å²) >= 11 is 1.47. The summed E-state index contributed by atoms with van der Waals surface area (Å²) < 4.78 is 5.60. The number of esters is 1. The van der Waals surface area contributed by atoms with Gasteiger partial charge in [-0.2, -0.15) is 0 Å². The number of anilines is 2. The molecule has 0 atom stereocenters. The number of fused-ring (bicyclic) bond motifs is 1. The Morgan fingerprint density at radius 2 is 1.69 bits per heavy atom. The largest absolute Gasteiger partial charge is 0.459 e. The zero-order valence-corrected chi connectivity index (χ0v) is 22.8. The molecule has 7 nitrogen and oxygen atoms in total. The first-order valence-electron chi connectivity index (χ1n) is 12.4. The summed E-state index contributed by atoms with van der Waals surface area (Å²) in [6.07, 6.45) is 0.437. The van der Waals surface area contributed by atoms with Crippen LogP contribution in [-0.4, -0.2) is 61.6 Å². The Kier molecular flexibility index (Phi) is 7.01. The minimum absolute atomic E-state index is 0.190. The summed E-state index contributed by atoms with van der Waals surface area (Å²) in [5, 5.41) is 7.27. The fourth-order valence-corrected chi connectivity index (χ4v) is 6.43. The van der Waals surface area contributed by atoms with E-state index in [1.165, 1.54) is 11.3 Å². The molecule has 1 aromatic carbocycles. The molecule has 35 heavy (non-hydrogen) atoms. The van der Waals surface area contributed by atoms with Gasteiger partial charge in [-0.25, -0.2) is 4.79 Å². The van der Waals surface area contributed by atoms with Crippen LogP contribution < -0.4 is 15.5 Å². The molecule has 2 N–H and O–H groups in total. The van der Waals surface area contributed by atoms with Crippen LogP contribution >= 0.6 is 11.3 Å². The third-order valence-corrected chi connectivity index (χ3v) is 8.09. The molecule has 1 aromatic heterocycles. The molecule has 3 heterocycles. The lowest BCUT2D eigenvalue weighted by Crippen LogP contribution is -2.55. The van der Waals surface area contributed by atoms with Crippen molar-refractivity contribution < 1.29 is 14.3 Å². The monoisotopic (exact) mass is 498 g/mol. The number of nitrogens with one attached hydrogen (secondary N) is 2. The number of carbonyl (C=O) groups excluding carboxylic acids is 2. The highest BCUT2D eigenvalue weighted by atomic mass is 32.1. The Labute approximate surface area is 212 Å². The van der Waals surface area contributed by atoms with Crippen molar-refractivity contribution in [2.45, 2.75) is 65.1 Å². The number of piperazine rings is 1. The minimum Gasteiger partial charge on any atom is -0.459 e. The number of ether oxygens (including phenoxy) is 1. The Hall–Kier alpha value is -2.42. The Balaban J connectivity index is 1.61. The summed E-state index contributed by atoms with van der Waals surface area (Å²) in [5.74, 6) is -0.608. The number of hydrogen-bond donors (Lipinski definition) is 2. The molecule has 1 saturated heterocycles. The maximum absolute atomic E-state index is 13.3. The number of likely N-dealkylation sites (N-methyl/N-ethyl adjacent to an activating group) is 1. The first kappa shape index (κ1) is 25.7. The Morgan fingerprint density at radius 3 is 2.29 bits per heavy atom. The topological polar surface area (TPSA) is 73.9 Å². The number of benzene rings is 1. The van der Waals surface area contributed by atoms with Crippen molar-refractivity contribution in [1.82, 2.24) is 10.2 Å². The van der Waals surface area contributed by atoms with E-state index in [1.54, 1.807) is 0 Å². The van der Waals surface area contributed by atoms with Crippen molar-refractivity contribution in [2.24, 2.45) is 0 Å². The summed E-state index contributed by atoms with van der Waals surface area (Å²) in [7, 11) is 2.14. The Morgan fingerprint density at radius 1 is 1.06 bits per heavy atom. The van der Waals surface area contributed by atoms with Gasteiger partial charge in [0.25, 0.3) is 5.91 Å². The molecule has 2 aromatic rings. The van der Waals surface area contributed by atoms with Crippen molar-refractivity contribution in [3.8, 4) is 0 Å². The van der Waals surface area contributed by atoms with E-state index in [2.05, 4.69) is 55.2 Å². The van der Waals surface area contributed by atoms with E-state index in [1.807, 2.05) is 38.1 Å². The second-order valence-corrected chi connectivity index (χ2v) is 12.2. The lowest BCUT2D eigenvalue weighted by Gasteiger charge is -2.42. The second kappa shape index (κ2) is 9.56. The number of nitrogens with zero attached hydrogens (tertiary/aromatic N) is 2. The van der Waals surface area contributed by atoms with Crippen LogP contribution in [0.2, 0.25) is 0 Å². The zero-order chi connectivity index (χ0) is 25.5. The average molecular weight is 499 g/mol. The standard InChI is InChI=1S/C27H38N4O3S/c1-17(2)34-25(33)21-20-16-26(3,4)29-27(5,6)22(20)35-24(21)28-23(32)18-8-10-19(11-9-18)31-14-12-30(7)13-15-31/h8-11,17,29H,12-16H2,1-7H3,(H,28,32). The van der Waals surface area contributed by atoms with Crippen molar-refractivity contribution >= 4 is 33.9 Å². The number of carbonyl (C=O) groups is 2. The molecule has 0 aliphatic carbocycles. The van der Waals surface area contributed by atoms with Gasteiger partial charge in [0.15, 0.2) is 0 Å². The van der Waals surface area contributed by atoms with Gasteiger partial charge < -0.3 is 25.2 Å². The molecule has 0 saturated carbocycles. The van der Waals surface area contributed by atoms with E-state index in [4.69, 9.17) is 4.74 Å². The SMILES string of the molecule is CC(C)OC(=O)c1c(NC(=O)c2ccc(N3CCN(C)CC3)cc2)sc2c1CC(C)(C)NC2(C)C. The normalized spacial score (nSPS) is 19.4. The van der Waals surface area contributed by atoms with E-state index in [9.17, 15) is 9.59 Å². The van der Waals surface area contributed by atoms with Gasteiger partial charge in [0.1, 0.15) is 5.00 Å². The fraction of sp³-hybridized carbons (Fsp3) is 0.556. The van der Waals surface area contributed by atoms with Crippen molar-refractivity contribution in [3.05, 3.63) is 45.8 Å². The quantitative estimate of drug-likeness (QED) is 0.593. The maximum atomic E-state index is 13.3. The zero-order valence-electron chi connectivity index (χ0n) is 21.9. The molecule has 1 amide bonds. The molecular weight excluding hydrogens is 460 g/mol. The van der Waals surface area contributed by atoms with E-state index in [-0.39, 0.29) is 29.1 Å². The smallest absolute Gasteiger partial charge is 0.341 e. The highest BCUT2D eigenvalue weighted by Gasteiger charge is 2.42. The van der Waals surface area contributed by atoms with Crippen LogP contribution in [0.25, 0.3) is 0 Å². The molecule has 0 radical (unpaired) electrons. The third kappa shape index (κ3) is 5.55. The molecule has 2 aliphatic rings. The van der Waals surface area contributed by atoms with Crippen LogP contribution in [0.4, 0.5) is 10.7 Å². The summed E-state index contributed by atoms with van der Waals surface area (Å²) in [4.78, 5) is 32.2. The predicted octanol–water partition coefficient (Wildman–Crippen LogP) is 4.48.